The van der Waals surface area contributed by atoms with E-state index in [4.69, 9.17) is 5.11 Å². The van der Waals surface area contributed by atoms with E-state index < -0.39 is 0 Å². The molecule has 4 heteroatoms. The second kappa shape index (κ2) is 3.87. The van der Waals surface area contributed by atoms with Crippen LogP contribution in [0.4, 0.5) is 0 Å². The van der Waals surface area contributed by atoms with Crippen molar-refractivity contribution in [3.8, 4) is 0 Å². The van der Waals surface area contributed by atoms with Crippen molar-refractivity contribution in [1.29, 1.82) is 0 Å². The predicted molar refractivity (Wildman–Crippen MR) is 45.3 cm³/mol. The number of hydrazine groups is 1. The lowest BCUT2D eigenvalue weighted by Crippen LogP contribution is -2.44. The molecule has 4 nitrogen and oxygen atoms in total. The first-order valence-corrected chi connectivity index (χ1v) is 4.34. The molecule has 1 N–H and O–H groups in total. The average molecular weight is 172 g/mol. The molecule has 1 aliphatic rings. The van der Waals surface area contributed by atoms with E-state index in [0.29, 0.717) is 13.0 Å². The van der Waals surface area contributed by atoms with Gasteiger partial charge in [0.15, 0.2) is 0 Å². The number of rotatable bonds is 3. The van der Waals surface area contributed by atoms with Crippen LogP contribution in [0.25, 0.3) is 0 Å². The normalized spacial score (nSPS) is 19.7. The molecule has 1 amide bonds. The van der Waals surface area contributed by atoms with Crippen LogP contribution in [0, 0.1) is 0 Å². The molecule has 1 saturated heterocycles. The van der Waals surface area contributed by atoms with Crippen molar-refractivity contribution in [1.82, 2.24) is 10.0 Å². The summed E-state index contributed by atoms with van der Waals surface area (Å²) in [6.07, 6.45) is 0.582. The first-order chi connectivity index (χ1) is 5.66. The van der Waals surface area contributed by atoms with Crippen LogP contribution in [0.3, 0.4) is 0 Å². The minimum absolute atomic E-state index is 0.108. The highest BCUT2D eigenvalue weighted by molar-refractivity contribution is 5.77. The number of carbonyl (C=O) groups excluding carboxylic acids is 1. The van der Waals surface area contributed by atoms with Crippen LogP contribution in [-0.4, -0.2) is 46.8 Å². The van der Waals surface area contributed by atoms with Gasteiger partial charge in [-0.15, -0.1) is 0 Å². The number of hydrogen-bond acceptors (Lipinski definition) is 3. The Bertz CT molecular complexity index is 170. The summed E-state index contributed by atoms with van der Waals surface area (Å²) in [7, 11) is 0. The highest BCUT2D eigenvalue weighted by Gasteiger charge is 2.29. The van der Waals surface area contributed by atoms with Crippen molar-refractivity contribution in [2.75, 3.05) is 19.7 Å². The van der Waals surface area contributed by atoms with Gasteiger partial charge in [0, 0.05) is 25.6 Å². The number of nitrogens with zero attached hydrogens (tertiary/aromatic N) is 2. The molecule has 0 aromatic carbocycles. The summed E-state index contributed by atoms with van der Waals surface area (Å²) in [4.78, 5) is 11.3. The summed E-state index contributed by atoms with van der Waals surface area (Å²) in [5.41, 5.74) is 0. The monoisotopic (exact) mass is 172 g/mol. The molecule has 0 bridgehead atoms. The maximum Gasteiger partial charge on any atom is 0.238 e. The molecule has 1 rings (SSSR count). The predicted octanol–water partition coefficient (Wildman–Crippen LogP) is -0.164. The number of amides is 1. The van der Waals surface area contributed by atoms with Gasteiger partial charge < -0.3 is 5.11 Å². The van der Waals surface area contributed by atoms with Gasteiger partial charge in [0.25, 0.3) is 0 Å². The van der Waals surface area contributed by atoms with Gasteiger partial charge in [-0.25, -0.2) is 5.01 Å². The minimum Gasteiger partial charge on any atom is -0.395 e. The average Bonchev–Trinajstić information content (AvgIpc) is 2.32. The van der Waals surface area contributed by atoms with Crippen molar-refractivity contribution in [2.24, 2.45) is 0 Å². The lowest BCUT2D eigenvalue weighted by Gasteiger charge is -2.30. The topological polar surface area (TPSA) is 43.8 Å². The van der Waals surface area contributed by atoms with Gasteiger partial charge in [0.05, 0.1) is 6.61 Å². The molecule has 12 heavy (non-hydrogen) atoms. The first kappa shape index (κ1) is 9.48. The molecule has 1 heterocycles. The van der Waals surface area contributed by atoms with E-state index in [-0.39, 0.29) is 18.6 Å². The van der Waals surface area contributed by atoms with E-state index in [9.17, 15) is 4.79 Å². The molecule has 0 atom stereocenters. The Morgan fingerprint density at radius 2 is 2.25 bits per heavy atom. The summed E-state index contributed by atoms with van der Waals surface area (Å²) >= 11 is 0. The molecule has 0 unspecified atom stereocenters. The Kier molecular flexibility index (Phi) is 3.05. The summed E-state index contributed by atoms with van der Waals surface area (Å²) in [5, 5.41) is 12.4. The highest BCUT2D eigenvalue weighted by Crippen LogP contribution is 2.14. The Balaban J connectivity index is 2.57. The second-order valence-electron chi connectivity index (χ2n) is 3.26. The van der Waals surface area contributed by atoms with Crippen LogP contribution in [0.5, 0.6) is 0 Å². The molecule has 70 valence electrons. The molecular weight excluding hydrogens is 156 g/mol. The van der Waals surface area contributed by atoms with Crippen LogP contribution in [0.15, 0.2) is 0 Å². The zero-order valence-corrected chi connectivity index (χ0v) is 7.66. The third kappa shape index (κ3) is 1.76. The molecule has 1 aliphatic heterocycles. The molecular formula is C8H16N2O2. The summed E-state index contributed by atoms with van der Waals surface area (Å²) in [6.45, 7) is 5.37. The van der Waals surface area contributed by atoms with Crippen LogP contribution in [0.1, 0.15) is 20.3 Å². The Labute approximate surface area is 72.7 Å². The molecule has 0 spiro atoms. The van der Waals surface area contributed by atoms with Crippen molar-refractivity contribution in [3.05, 3.63) is 0 Å². The molecule has 0 radical (unpaired) electrons. The van der Waals surface area contributed by atoms with Crippen molar-refractivity contribution < 1.29 is 9.90 Å². The van der Waals surface area contributed by atoms with Crippen LogP contribution in [-0.2, 0) is 4.79 Å². The fraction of sp³-hybridized carbons (Fsp3) is 0.875. The SMILES string of the molecule is CC(C)N1C(=O)CCN1CCO. The number of aliphatic hydroxyl groups is 1. The van der Waals surface area contributed by atoms with Crippen LogP contribution < -0.4 is 0 Å². The first-order valence-electron chi connectivity index (χ1n) is 4.34. The second-order valence-corrected chi connectivity index (χ2v) is 3.26. The van der Waals surface area contributed by atoms with Gasteiger partial charge in [0.2, 0.25) is 5.91 Å². The van der Waals surface area contributed by atoms with Crippen LogP contribution in [0.2, 0.25) is 0 Å². The summed E-state index contributed by atoms with van der Waals surface area (Å²) in [5.74, 6) is 0.165. The van der Waals surface area contributed by atoms with Gasteiger partial charge in [-0.2, -0.15) is 0 Å². The summed E-state index contributed by atoms with van der Waals surface area (Å²) in [6, 6.07) is 0.201. The van der Waals surface area contributed by atoms with Gasteiger partial charge in [-0.3, -0.25) is 9.80 Å². The van der Waals surface area contributed by atoms with Crippen molar-refractivity contribution >= 4 is 5.91 Å². The van der Waals surface area contributed by atoms with E-state index >= 15 is 0 Å². The maximum atomic E-state index is 11.3. The smallest absolute Gasteiger partial charge is 0.238 e. The lowest BCUT2D eigenvalue weighted by molar-refractivity contribution is -0.141. The molecule has 0 aromatic heterocycles. The number of β-amino-alcohol motifs (C(OH)–C–C–N with tert-alkyl or cyclic N) is 1. The van der Waals surface area contributed by atoms with E-state index in [2.05, 4.69) is 0 Å². The lowest BCUT2D eigenvalue weighted by atomic mass is 10.3. The quantitative estimate of drug-likeness (QED) is 0.643. The molecule has 0 saturated carbocycles. The Morgan fingerprint density at radius 1 is 1.58 bits per heavy atom. The highest BCUT2D eigenvalue weighted by atomic mass is 16.3. The zero-order chi connectivity index (χ0) is 9.14. The maximum absolute atomic E-state index is 11.3. The Morgan fingerprint density at radius 3 is 2.75 bits per heavy atom. The Hall–Kier alpha value is -0.610. The number of hydrogen-bond donors (Lipinski definition) is 1. The van der Waals surface area contributed by atoms with Crippen molar-refractivity contribution in [2.45, 2.75) is 26.3 Å². The van der Waals surface area contributed by atoms with Gasteiger partial charge >= 0.3 is 0 Å². The minimum atomic E-state index is 0.108. The third-order valence-corrected chi connectivity index (χ3v) is 1.99. The van der Waals surface area contributed by atoms with Crippen LogP contribution >= 0.6 is 0 Å². The molecule has 0 aromatic rings. The van der Waals surface area contributed by atoms with Gasteiger partial charge in [-0.1, -0.05) is 0 Å². The molecule has 0 aliphatic carbocycles. The number of carbonyl (C=O) groups is 1. The standard InChI is InChI=1S/C8H16N2O2/c1-7(2)10-8(12)3-4-9(10)5-6-11/h7,11H,3-6H2,1-2H3. The van der Waals surface area contributed by atoms with Gasteiger partial charge in [-0.05, 0) is 13.8 Å². The van der Waals surface area contributed by atoms with Gasteiger partial charge in [0.1, 0.15) is 0 Å². The third-order valence-electron chi connectivity index (χ3n) is 1.99. The fourth-order valence-corrected chi connectivity index (χ4v) is 1.55. The van der Waals surface area contributed by atoms with E-state index in [0.717, 1.165) is 6.54 Å². The van der Waals surface area contributed by atoms with E-state index in [1.165, 1.54) is 0 Å². The zero-order valence-electron chi connectivity index (χ0n) is 7.66. The van der Waals surface area contributed by atoms with E-state index in [1.54, 1.807) is 5.01 Å². The van der Waals surface area contributed by atoms with E-state index in [1.807, 2.05) is 18.9 Å². The largest absolute Gasteiger partial charge is 0.395 e. The fourth-order valence-electron chi connectivity index (χ4n) is 1.55. The molecule has 1 fully saturated rings. The number of aliphatic hydroxyl groups excluding tert-OH is 1. The van der Waals surface area contributed by atoms with Crippen molar-refractivity contribution in [3.63, 3.8) is 0 Å². The summed E-state index contributed by atoms with van der Waals surface area (Å²) < 4.78 is 0.